The number of hydrogen-bond acceptors (Lipinski definition) is 6. The molecule has 1 heterocycles. The molecule has 32 heavy (non-hydrogen) atoms. The third-order valence-corrected chi connectivity index (χ3v) is 5.28. The first-order valence-electron chi connectivity index (χ1n) is 10.8. The molecule has 1 aliphatic heterocycles. The molecule has 0 spiro atoms. The van der Waals surface area contributed by atoms with Crippen molar-refractivity contribution in [2.75, 3.05) is 24.8 Å². The molecule has 0 radical (unpaired) electrons. The van der Waals surface area contributed by atoms with E-state index in [1.807, 2.05) is 38.1 Å². The first-order chi connectivity index (χ1) is 15.4. The van der Waals surface area contributed by atoms with Crippen LogP contribution in [0, 0.1) is 5.92 Å². The maximum absolute atomic E-state index is 12.7. The first kappa shape index (κ1) is 23.1. The lowest BCUT2D eigenvalue weighted by Crippen LogP contribution is -2.48. The Bertz CT molecular complexity index is 968. The van der Waals surface area contributed by atoms with Crippen LogP contribution in [0.1, 0.15) is 43.6 Å². The van der Waals surface area contributed by atoms with E-state index in [1.165, 1.54) is 0 Å². The standard InChI is InChI=1S/C24H30N4O4/c1-5-28(6-2)19-10-7-17(8-11-19)14-25-27-24(30)22(16(3)4)26-23(29)18-9-12-20-21(13-18)32-15-31-20/h7-14,16,22H,5-6,15H2,1-4H3,(H,26,29)(H,27,30). The van der Waals surface area contributed by atoms with Crippen molar-refractivity contribution < 1.29 is 19.1 Å². The van der Waals surface area contributed by atoms with Gasteiger partial charge >= 0.3 is 0 Å². The number of hydrogen-bond donors (Lipinski definition) is 2. The van der Waals surface area contributed by atoms with Crippen LogP contribution in [0.25, 0.3) is 0 Å². The number of fused-ring (bicyclic) bond motifs is 1. The van der Waals surface area contributed by atoms with Gasteiger partial charge in [-0.1, -0.05) is 26.0 Å². The fourth-order valence-corrected chi connectivity index (χ4v) is 3.40. The van der Waals surface area contributed by atoms with Crippen molar-refractivity contribution >= 4 is 23.7 Å². The van der Waals surface area contributed by atoms with E-state index >= 15 is 0 Å². The van der Waals surface area contributed by atoms with Crippen LogP contribution in [0.4, 0.5) is 5.69 Å². The van der Waals surface area contributed by atoms with Crippen molar-refractivity contribution in [2.45, 2.75) is 33.7 Å². The normalized spacial score (nSPS) is 13.3. The largest absolute Gasteiger partial charge is 0.454 e. The van der Waals surface area contributed by atoms with Crippen molar-refractivity contribution in [1.29, 1.82) is 0 Å². The van der Waals surface area contributed by atoms with Gasteiger partial charge in [0.2, 0.25) is 6.79 Å². The van der Waals surface area contributed by atoms with Crippen LogP contribution in [0.2, 0.25) is 0 Å². The van der Waals surface area contributed by atoms with E-state index in [2.05, 4.69) is 34.6 Å². The van der Waals surface area contributed by atoms with Crippen molar-refractivity contribution in [1.82, 2.24) is 10.7 Å². The van der Waals surface area contributed by atoms with Gasteiger partial charge in [-0.25, -0.2) is 5.43 Å². The Kier molecular flexibility index (Phi) is 7.70. The number of ether oxygens (including phenoxy) is 2. The second-order valence-electron chi connectivity index (χ2n) is 7.76. The highest BCUT2D eigenvalue weighted by molar-refractivity contribution is 5.98. The lowest BCUT2D eigenvalue weighted by atomic mass is 10.0. The van der Waals surface area contributed by atoms with Crippen LogP contribution in [0.5, 0.6) is 11.5 Å². The first-order valence-corrected chi connectivity index (χ1v) is 10.8. The monoisotopic (exact) mass is 438 g/mol. The number of rotatable bonds is 9. The Balaban J connectivity index is 1.59. The molecule has 170 valence electrons. The minimum absolute atomic E-state index is 0.128. The van der Waals surface area contributed by atoms with Crippen LogP contribution in [-0.4, -0.2) is 44.0 Å². The summed E-state index contributed by atoms with van der Waals surface area (Å²) in [5.74, 6) is 0.230. The highest BCUT2D eigenvalue weighted by Gasteiger charge is 2.25. The Morgan fingerprint density at radius 1 is 1.06 bits per heavy atom. The van der Waals surface area contributed by atoms with Gasteiger partial charge in [0.1, 0.15) is 6.04 Å². The van der Waals surface area contributed by atoms with E-state index in [-0.39, 0.29) is 24.5 Å². The fourth-order valence-electron chi connectivity index (χ4n) is 3.40. The van der Waals surface area contributed by atoms with Crippen LogP contribution < -0.4 is 25.1 Å². The summed E-state index contributed by atoms with van der Waals surface area (Å²) in [6.07, 6.45) is 1.58. The molecule has 0 aromatic heterocycles. The summed E-state index contributed by atoms with van der Waals surface area (Å²) in [5, 5.41) is 6.84. The quantitative estimate of drug-likeness (QED) is 0.463. The predicted molar refractivity (Wildman–Crippen MR) is 124 cm³/mol. The number of nitrogens with one attached hydrogen (secondary N) is 2. The molecule has 0 aliphatic carbocycles. The minimum Gasteiger partial charge on any atom is -0.454 e. The topological polar surface area (TPSA) is 92.3 Å². The van der Waals surface area contributed by atoms with Gasteiger partial charge in [0, 0.05) is 24.3 Å². The molecule has 8 nitrogen and oxygen atoms in total. The Morgan fingerprint density at radius 2 is 1.75 bits per heavy atom. The second-order valence-corrected chi connectivity index (χ2v) is 7.76. The van der Waals surface area contributed by atoms with Crippen LogP contribution in [-0.2, 0) is 4.79 Å². The maximum atomic E-state index is 12.7. The van der Waals surface area contributed by atoms with E-state index in [0.29, 0.717) is 17.1 Å². The van der Waals surface area contributed by atoms with Gasteiger partial charge in [0.15, 0.2) is 11.5 Å². The van der Waals surface area contributed by atoms with Gasteiger partial charge in [-0.3, -0.25) is 9.59 Å². The van der Waals surface area contributed by atoms with Crippen molar-refractivity contribution in [3.8, 4) is 11.5 Å². The van der Waals surface area contributed by atoms with Crippen LogP contribution >= 0.6 is 0 Å². The molecule has 0 saturated carbocycles. The summed E-state index contributed by atoms with van der Waals surface area (Å²) in [7, 11) is 0. The van der Waals surface area contributed by atoms with Gasteiger partial charge in [0.05, 0.1) is 6.21 Å². The molecule has 0 bridgehead atoms. The molecule has 3 rings (SSSR count). The number of carbonyl (C=O) groups is 2. The van der Waals surface area contributed by atoms with E-state index in [9.17, 15) is 9.59 Å². The summed E-state index contributed by atoms with van der Waals surface area (Å²) in [6, 6.07) is 12.1. The number of carbonyl (C=O) groups excluding carboxylic acids is 2. The van der Waals surface area contributed by atoms with Gasteiger partial charge in [-0.15, -0.1) is 0 Å². The summed E-state index contributed by atoms with van der Waals surface area (Å²) < 4.78 is 10.6. The zero-order valence-electron chi connectivity index (χ0n) is 18.9. The third-order valence-electron chi connectivity index (χ3n) is 5.28. The van der Waals surface area contributed by atoms with Gasteiger partial charge in [-0.2, -0.15) is 5.10 Å². The van der Waals surface area contributed by atoms with Crippen molar-refractivity contribution in [3.05, 3.63) is 53.6 Å². The molecule has 0 saturated heterocycles. The molecule has 8 heteroatoms. The number of anilines is 1. The summed E-state index contributed by atoms with van der Waals surface area (Å²) in [4.78, 5) is 27.6. The highest BCUT2D eigenvalue weighted by Crippen LogP contribution is 2.32. The molecule has 0 fully saturated rings. The average Bonchev–Trinajstić information content (AvgIpc) is 3.26. The van der Waals surface area contributed by atoms with E-state index in [0.717, 1.165) is 24.3 Å². The third kappa shape index (κ3) is 5.57. The molecular formula is C24H30N4O4. The summed E-state index contributed by atoms with van der Waals surface area (Å²) in [6.45, 7) is 9.96. The van der Waals surface area contributed by atoms with E-state index < -0.39 is 6.04 Å². The molecule has 2 N–H and O–H groups in total. The molecule has 2 amide bonds. The molecule has 1 unspecified atom stereocenters. The summed E-state index contributed by atoms with van der Waals surface area (Å²) in [5.41, 5.74) is 4.93. The zero-order chi connectivity index (χ0) is 23.1. The minimum atomic E-state index is -0.741. The Labute approximate surface area is 188 Å². The van der Waals surface area contributed by atoms with E-state index in [4.69, 9.17) is 9.47 Å². The number of nitrogens with zero attached hydrogens (tertiary/aromatic N) is 2. The SMILES string of the molecule is CCN(CC)c1ccc(C=NNC(=O)C(NC(=O)c2ccc3c(c2)OCO3)C(C)C)cc1. The van der Waals surface area contributed by atoms with E-state index in [1.54, 1.807) is 24.4 Å². The second kappa shape index (κ2) is 10.7. The molecule has 2 aromatic carbocycles. The average molecular weight is 439 g/mol. The predicted octanol–water partition coefficient (Wildman–Crippen LogP) is 3.17. The van der Waals surface area contributed by atoms with Gasteiger partial charge in [-0.05, 0) is 55.7 Å². The lowest BCUT2D eigenvalue weighted by molar-refractivity contribution is -0.123. The van der Waals surface area contributed by atoms with Crippen LogP contribution in [0.3, 0.4) is 0 Å². The number of benzene rings is 2. The number of amides is 2. The molecule has 1 atom stereocenters. The van der Waals surface area contributed by atoms with Crippen molar-refractivity contribution in [3.63, 3.8) is 0 Å². The maximum Gasteiger partial charge on any atom is 0.262 e. The molecule has 2 aromatic rings. The van der Waals surface area contributed by atoms with Crippen molar-refractivity contribution in [2.24, 2.45) is 11.0 Å². The fraction of sp³-hybridized carbons (Fsp3) is 0.375. The molecule has 1 aliphatic rings. The van der Waals surface area contributed by atoms with Gasteiger partial charge < -0.3 is 19.7 Å². The zero-order valence-corrected chi connectivity index (χ0v) is 18.9. The Morgan fingerprint density at radius 3 is 2.41 bits per heavy atom. The summed E-state index contributed by atoms with van der Waals surface area (Å²) >= 11 is 0. The highest BCUT2D eigenvalue weighted by atomic mass is 16.7. The Hall–Kier alpha value is -3.55. The smallest absolute Gasteiger partial charge is 0.262 e. The van der Waals surface area contributed by atoms with Crippen LogP contribution in [0.15, 0.2) is 47.6 Å². The molecular weight excluding hydrogens is 408 g/mol. The lowest BCUT2D eigenvalue weighted by Gasteiger charge is -2.21. The van der Waals surface area contributed by atoms with Gasteiger partial charge in [0.25, 0.3) is 11.8 Å². The number of hydrazone groups is 1.